The normalized spacial score (nSPS) is 19.2. The minimum Gasteiger partial charge on any atom is -0.359 e. The van der Waals surface area contributed by atoms with Crippen molar-refractivity contribution in [2.75, 3.05) is 46.8 Å². The maximum absolute atomic E-state index is 13.2. The maximum Gasteiger partial charge on any atom is 0.253 e. The molecular weight excluding hydrogens is 660 g/mol. The van der Waals surface area contributed by atoms with Crippen LogP contribution in [-0.2, 0) is 9.59 Å². The second kappa shape index (κ2) is 16.4. The Morgan fingerprint density at radius 3 is 2.31 bits per heavy atom. The lowest BCUT2D eigenvalue weighted by Gasteiger charge is -2.42. The number of nitrogens with one attached hydrogen (secondary N) is 1. The summed E-state index contributed by atoms with van der Waals surface area (Å²) in [4.78, 5) is 56.4. The molecule has 2 aromatic rings. The minimum absolute atomic E-state index is 0.0771. The second-order valence-corrected chi connectivity index (χ2v) is 13.6. The molecule has 2 unspecified atom stereocenters. The molecule has 0 aromatic heterocycles. The van der Waals surface area contributed by atoms with E-state index in [0.29, 0.717) is 38.6 Å². The average Bonchev–Trinajstić information content (AvgIpc) is 3.02. The van der Waals surface area contributed by atoms with Gasteiger partial charge >= 0.3 is 0 Å². The number of carbonyl (C=O) groups is 3. The van der Waals surface area contributed by atoms with E-state index in [4.69, 9.17) is 46.4 Å². The molecule has 4 rings (SSSR count). The van der Waals surface area contributed by atoms with Crippen molar-refractivity contribution in [3.63, 3.8) is 0 Å². The molecule has 0 radical (unpaired) electrons. The molecule has 0 aliphatic carbocycles. The lowest BCUT2D eigenvalue weighted by molar-refractivity contribution is -0.144. The van der Waals surface area contributed by atoms with Crippen LogP contribution in [0, 0.1) is 10.8 Å². The summed E-state index contributed by atoms with van der Waals surface area (Å²) in [5.74, 6) is -0.928. The molecule has 3 amide bonds. The van der Waals surface area contributed by atoms with Crippen LogP contribution in [0.3, 0.4) is 0 Å². The number of carbonyl (C=O) groups excluding carboxylic acids is 3. The smallest absolute Gasteiger partial charge is 0.253 e. The fraction of sp³-hybridized carbons (Fsp3) is 0.531. The van der Waals surface area contributed by atoms with Gasteiger partial charge in [-0.2, -0.15) is 4.91 Å². The standard InChI is InChI=1S/C32H39Cl4N5O4/c1-37-30(42)17-21-4-3-10-41(32(21)44)25-7-11-40(12-8-25)13-9-26(20-5-6-27(35)28(36)16-20)29(38-45)19-39(2)31(43)22-14-23(33)18-24(34)15-22/h5-6,14-16,18,21,25-26,29H,3-4,7-13,17,19H2,1-2H3,(H,37,42)/t21-,26?,29?/m1/s1. The van der Waals surface area contributed by atoms with Gasteiger partial charge in [-0.25, -0.2) is 0 Å². The zero-order valence-corrected chi connectivity index (χ0v) is 28.5. The first-order chi connectivity index (χ1) is 21.5. The van der Waals surface area contributed by atoms with E-state index in [0.717, 1.165) is 50.9 Å². The lowest BCUT2D eigenvalue weighted by atomic mass is 9.87. The van der Waals surface area contributed by atoms with Crippen molar-refractivity contribution >= 4 is 64.1 Å². The number of amides is 3. The Kier molecular flexibility index (Phi) is 12.9. The van der Waals surface area contributed by atoms with Crippen molar-refractivity contribution in [1.82, 2.24) is 20.0 Å². The highest BCUT2D eigenvalue weighted by molar-refractivity contribution is 6.42. The number of rotatable bonds is 12. The Bertz CT molecular complexity index is 1370. The number of hydrogen-bond acceptors (Lipinski definition) is 6. The number of nitrogens with zero attached hydrogens (tertiary/aromatic N) is 4. The van der Waals surface area contributed by atoms with Gasteiger partial charge in [0.1, 0.15) is 6.04 Å². The van der Waals surface area contributed by atoms with Crippen LogP contribution in [0.2, 0.25) is 20.1 Å². The van der Waals surface area contributed by atoms with Gasteiger partial charge < -0.3 is 20.0 Å². The number of hydrogen-bond donors (Lipinski definition) is 1. The minimum atomic E-state index is -0.758. The molecule has 244 valence electrons. The Morgan fingerprint density at radius 1 is 1.00 bits per heavy atom. The molecule has 2 fully saturated rings. The van der Waals surface area contributed by atoms with Gasteiger partial charge in [0.15, 0.2) is 0 Å². The molecular formula is C32H39Cl4N5O4. The van der Waals surface area contributed by atoms with E-state index >= 15 is 0 Å². The van der Waals surface area contributed by atoms with Gasteiger partial charge in [-0.1, -0.05) is 57.6 Å². The summed E-state index contributed by atoms with van der Waals surface area (Å²) < 4.78 is 0. The first-order valence-electron chi connectivity index (χ1n) is 15.2. The van der Waals surface area contributed by atoms with Crippen molar-refractivity contribution < 1.29 is 14.4 Å². The molecule has 2 aliphatic rings. The number of halogens is 4. The monoisotopic (exact) mass is 697 g/mol. The third-order valence-corrected chi connectivity index (χ3v) is 10.1. The predicted octanol–water partition coefficient (Wildman–Crippen LogP) is 6.52. The third-order valence-electron chi connectivity index (χ3n) is 8.94. The van der Waals surface area contributed by atoms with Gasteiger partial charge in [0.05, 0.1) is 10.0 Å². The molecule has 2 saturated heterocycles. The largest absolute Gasteiger partial charge is 0.359 e. The summed E-state index contributed by atoms with van der Waals surface area (Å²) in [6.07, 6.45) is 4.16. The van der Waals surface area contributed by atoms with E-state index in [-0.39, 0.29) is 48.6 Å². The van der Waals surface area contributed by atoms with Gasteiger partial charge in [0, 0.05) is 80.2 Å². The van der Waals surface area contributed by atoms with E-state index in [2.05, 4.69) is 15.4 Å². The molecule has 2 aliphatic heterocycles. The lowest BCUT2D eigenvalue weighted by Crippen LogP contribution is -2.52. The SMILES string of the molecule is CNC(=O)C[C@H]1CCCN(C2CCN(CCC(c3ccc(Cl)c(Cl)c3)C(CN(C)C(=O)c3cc(Cl)cc(Cl)c3)N=O)CC2)C1=O. The topological polar surface area (TPSA) is 102 Å². The van der Waals surface area contributed by atoms with Crippen molar-refractivity contribution in [2.45, 2.75) is 56.5 Å². The molecule has 0 saturated carbocycles. The summed E-state index contributed by atoms with van der Waals surface area (Å²) in [7, 11) is 3.21. The van der Waals surface area contributed by atoms with Crippen LogP contribution in [0.4, 0.5) is 0 Å². The molecule has 2 heterocycles. The van der Waals surface area contributed by atoms with Crippen LogP contribution in [0.1, 0.15) is 60.4 Å². The first kappa shape index (κ1) is 35.4. The highest BCUT2D eigenvalue weighted by atomic mass is 35.5. The van der Waals surface area contributed by atoms with Crippen LogP contribution in [0.5, 0.6) is 0 Å². The fourth-order valence-corrected chi connectivity index (χ4v) is 7.28. The average molecular weight is 700 g/mol. The summed E-state index contributed by atoms with van der Waals surface area (Å²) in [5.41, 5.74) is 1.14. The second-order valence-electron chi connectivity index (χ2n) is 11.9. The summed E-state index contributed by atoms with van der Waals surface area (Å²) in [5, 5.41) is 7.58. The Hall–Kier alpha value is -2.43. The highest BCUT2D eigenvalue weighted by Gasteiger charge is 2.36. The fourth-order valence-electron chi connectivity index (χ4n) is 6.45. The Balaban J connectivity index is 1.41. The molecule has 0 spiro atoms. The zero-order valence-electron chi connectivity index (χ0n) is 25.5. The van der Waals surface area contributed by atoms with Gasteiger partial charge in [-0.3, -0.25) is 14.4 Å². The van der Waals surface area contributed by atoms with Gasteiger partial charge in [0.2, 0.25) is 11.8 Å². The number of piperidine rings is 2. The van der Waals surface area contributed by atoms with Crippen LogP contribution in [-0.4, -0.2) is 91.3 Å². The Labute approximate surface area is 284 Å². The number of benzene rings is 2. The molecule has 1 N–H and O–H groups in total. The zero-order chi connectivity index (χ0) is 32.7. The highest BCUT2D eigenvalue weighted by Crippen LogP contribution is 2.33. The summed E-state index contributed by atoms with van der Waals surface area (Å²) >= 11 is 24.8. The first-order valence-corrected chi connectivity index (χ1v) is 16.7. The summed E-state index contributed by atoms with van der Waals surface area (Å²) in [6, 6.07) is 9.32. The van der Waals surface area contributed by atoms with Crippen LogP contribution < -0.4 is 5.32 Å². The van der Waals surface area contributed by atoms with E-state index < -0.39 is 6.04 Å². The number of likely N-dealkylation sites (tertiary alicyclic amines) is 2. The van der Waals surface area contributed by atoms with Crippen molar-refractivity contribution in [1.29, 1.82) is 0 Å². The van der Waals surface area contributed by atoms with E-state index in [1.807, 2.05) is 11.0 Å². The van der Waals surface area contributed by atoms with Gasteiger partial charge in [-0.05, 0) is 74.5 Å². The molecule has 2 aromatic carbocycles. The molecule has 0 bridgehead atoms. The van der Waals surface area contributed by atoms with Crippen LogP contribution >= 0.6 is 46.4 Å². The molecule has 3 atom stereocenters. The van der Waals surface area contributed by atoms with Crippen LogP contribution in [0.25, 0.3) is 0 Å². The van der Waals surface area contributed by atoms with Crippen molar-refractivity contribution in [3.05, 3.63) is 72.5 Å². The molecule has 13 heteroatoms. The predicted molar refractivity (Wildman–Crippen MR) is 179 cm³/mol. The van der Waals surface area contributed by atoms with E-state index in [9.17, 15) is 19.3 Å². The summed E-state index contributed by atoms with van der Waals surface area (Å²) in [6.45, 7) is 3.10. The van der Waals surface area contributed by atoms with E-state index in [1.165, 1.54) is 17.0 Å². The van der Waals surface area contributed by atoms with Crippen LogP contribution in [0.15, 0.2) is 41.6 Å². The maximum atomic E-state index is 13.2. The third kappa shape index (κ3) is 9.32. The van der Waals surface area contributed by atoms with Gasteiger partial charge in [-0.15, -0.1) is 0 Å². The number of likely N-dealkylation sites (N-methyl/N-ethyl adjacent to an activating group) is 1. The van der Waals surface area contributed by atoms with Crippen molar-refractivity contribution in [3.8, 4) is 0 Å². The van der Waals surface area contributed by atoms with Crippen molar-refractivity contribution in [2.24, 2.45) is 11.1 Å². The molecule has 45 heavy (non-hydrogen) atoms. The molecule has 9 nitrogen and oxygen atoms in total. The Morgan fingerprint density at radius 2 is 1.69 bits per heavy atom. The quantitative estimate of drug-likeness (QED) is 0.255. The van der Waals surface area contributed by atoms with E-state index in [1.54, 1.807) is 32.3 Å². The van der Waals surface area contributed by atoms with Gasteiger partial charge in [0.25, 0.3) is 5.91 Å². The number of nitroso groups, excluding NO2 is 1.